The molecule has 0 aliphatic carbocycles. The van der Waals surface area contributed by atoms with Crippen LogP contribution in [0.2, 0.25) is 0 Å². The van der Waals surface area contributed by atoms with Gasteiger partial charge < -0.3 is 20.1 Å². The fourth-order valence-corrected chi connectivity index (χ4v) is 2.79. The number of rotatable bonds is 4. The number of carbonyl (C=O) groups excluding carboxylic acids is 1. The first-order valence-corrected chi connectivity index (χ1v) is 6.93. The molecule has 1 amide bonds. The number of hydrogen-bond donors (Lipinski definition) is 2. The van der Waals surface area contributed by atoms with Gasteiger partial charge in [-0.1, -0.05) is 6.92 Å². The molecule has 2 N–H and O–H groups in total. The van der Waals surface area contributed by atoms with Crippen LogP contribution in [0, 0.1) is 5.92 Å². The van der Waals surface area contributed by atoms with Crippen LogP contribution in [0.5, 0.6) is 0 Å². The normalized spacial score (nSPS) is 28.6. The van der Waals surface area contributed by atoms with Crippen molar-refractivity contribution in [3.05, 3.63) is 0 Å². The van der Waals surface area contributed by atoms with E-state index in [4.69, 9.17) is 9.84 Å². The predicted molar refractivity (Wildman–Crippen MR) is 68.8 cm³/mol. The van der Waals surface area contributed by atoms with Gasteiger partial charge in [-0.25, -0.2) is 4.79 Å². The van der Waals surface area contributed by atoms with Gasteiger partial charge in [0.2, 0.25) is 5.91 Å². The molecule has 6 heteroatoms. The van der Waals surface area contributed by atoms with Crippen LogP contribution in [-0.4, -0.2) is 60.3 Å². The Labute approximate surface area is 113 Å². The highest BCUT2D eigenvalue weighted by Gasteiger charge is 2.34. The fourth-order valence-electron chi connectivity index (χ4n) is 2.79. The minimum absolute atomic E-state index is 0.0332. The Bertz CT molecular complexity index is 340. The van der Waals surface area contributed by atoms with Crippen LogP contribution in [-0.2, 0) is 14.3 Å². The number of nitrogens with one attached hydrogen (secondary N) is 1. The van der Waals surface area contributed by atoms with Crippen molar-refractivity contribution in [2.75, 3.05) is 26.2 Å². The van der Waals surface area contributed by atoms with Crippen molar-refractivity contribution in [1.82, 2.24) is 10.2 Å². The smallest absolute Gasteiger partial charge is 0.329 e. The van der Waals surface area contributed by atoms with Crippen LogP contribution in [0.25, 0.3) is 0 Å². The maximum atomic E-state index is 12.3. The van der Waals surface area contributed by atoms with Crippen molar-refractivity contribution in [3.63, 3.8) is 0 Å². The Kier molecular flexibility index (Phi) is 4.76. The second kappa shape index (κ2) is 6.34. The SMILES string of the molecule is CC1CCNC1C(=O)N1CCC(OCC(=O)O)CC1. The summed E-state index contributed by atoms with van der Waals surface area (Å²) in [5.74, 6) is -0.363. The standard InChI is InChI=1S/C13H22N2O4/c1-9-2-5-14-12(9)13(18)15-6-3-10(4-7-15)19-8-11(16)17/h9-10,12,14H,2-8H2,1H3,(H,16,17). The van der Waals surface area contributed by atoms with E-state index >= 15 is 0 Å². The molecule has 2 unspecified atom stereocenters. The van der Waals surface area contributed by atoms with Crippen molar-refractivity contribution in [2.24, 2.45) is 5.92 Å². The summed E-state index contributed by atoms with van der Waals surface area (Å²) in [6.07, 6.45) is 2.46. The molecule has 0 aromatic carbocycles. The van der Waals surface area contributed by atoms with Crippen LogP contribution in [0.3, 0.4) is 0 Å². The van der Waals surface area contributed by atoms with E-state index in [0.29, 0.717) is 19.0 Å². The molecule has 0 aromatic rings. The molecule has 0 aromatic heterocycles. The van der Waals surface area contributed by atoms with Gasteiger partial charge in [-0.2, -0.15) is 0 Å². The molecule has 0 spiro atoms. The molecule has 2 fully saturated rings. The highest BCUT2D eigenvalue weighted by atomic mass is 16.5. The number of likely N-dealkylation sites (tertiary alicyclic amines) is 1. The molecule has 2 atom stereocenters. The van der Waals surface area contributed by atoms with Gasteiger partial charge in [-0.15, -0.1) is 0 Å². The van der Waals surface area contributed by atoms with Crippen molar-refractivity contribution in [2.45, 2.75) is 38.3 Å². The molecular formula is C13H22N2O4. The topological polar surface area (TPSA) is 78.9 Å². The van der Waals surface area contributed by atoms with E-state index in [0.717, 1.165) is 25.8 Å². The van der Waals surface area contributed by atoms with Crippen LogP contribution in [0.15, 0.2) is 0 Å². The van der Waals surface area contributed by atoms with Crippen molar-refractivity contribution in [3.8, 4) is 0 Å². The molecular weight excluding hydrogens is 248 g/mol. The van der Waals surface area contributed by atoms with Crippen molar-refractivity contribution < 1.29 is 19.4 Å². The minimum atomic E-state index is -0.942. The van der Waals surface area contributed by atoms with E-state index < -0.39 is 5.97 Å². The summed E-state index contributed by atoms with van der Waals surface area (Å²) in [7, 11) is 0. The van der Waals surface area contributed by atoms with Gasteiger partial charge in [-0.3, -0.25) is 4.79 Å². The molecule has 108 valence electrons. The number of carboxylic acid groups (broad SMARTS) is 1. The maximum Gasteiger partial charge on any atom is 0.329 e. The second-order valence-corrected chi connectivity index (χ2v) is 5.43. The lowest BCUT2D eigenvalue weighted by Gasteiger charge is -2.34. The van der Waals surface area contributed by atoms with Gasteiger partial charge in [0.05, 0.1) is 12.1 Å². The van der Waals surface area contributed by atoms with Crippen LogP contribution in [0.1, 0.15) is 26.2 Å². The Hall–Kier alpha value is -1.14. The molecule has 19 heavy (non-hydrogen) atoms. The number of carbonyl (C=O) groups is 2. The van der Waals surface area contributed by atoms with Crippen LogP contribution in [0.4, 0.5) is 0 Å². The van der Waals surface area contributed by atoms with Gasteiger partial charge in [0.15, 0.2) is 0 Å². The second-order valence-electron chi connectivity index (χ2n) is 5.43. The monoisotopic (exact) mass is 270 g/mol. The Morgan fingerprint density at radius 1 is 1.32 bits per heavy atom. The average Bonchev–Trinajstić information content (AvgIpc) is 2.82. The van der Waals surface area contributed by atoms with Crippen LogP contribution >= 0.6 is 0 Å². The summed E-state index contributed by atoms with van der Waals surface area (Å²) < 4.78 is 5.27. The molecule has 2 rings (SSSR count). The van der Waals surface area contributed by atoms with Gasteiger partial charge in [0.1, 0.15) is 6.61 Å². The number of carboxylic acids is 1. The summed E-state index contributed by atoms with van der Waals surface area (Å²) in [5.41, 5.74) is 0. The molecule has 2 heterocycles. The van der Waals surface area contributed by atoms with Crippen molar-refractivity contribution >= 4 is 11.9 Å². The van der Waals surface area contributed by atoms with E-state index in [-0.39, 0.29) is 24.7 Å². The summed E-state index contributed by atoms with van der Waals surface area (Å²) in [6, 6.07) is -0.0449. The van der Waals surface area contributed by atoms with Crippen LogP contribution < -0.4 is 5.32 Å². The van der Waals surface area contributed by atoms with E-state index in [1.807, 2.05) is 4.90 Å². The highest BCUT2D eigenvalue weighted by molar-refractivity contribution is 5.82. The van der Waals surface area contributed by atoms with E-state index in [1.54, 1.807) is 0 Å². The Morgan fingerprint density at radius 2 is 2.00 bits per heavy atom. The number of piperidine rings is 1. The lowest BCUT2D eigenvalue weighted by Crippen LogP contribution is -2.49. The number of aliphatic carboxylic acids is 1. The summed E-state index contributed by atoms with van der Waals surface area (Å²) >= 11 is 0. The largest absolute Gasteiger partial charge is 0.480 e. The van der Waals surface area contributed by atoms with Crippen molar-refractivity contribution in [1.29, 1.82) is 0 Å². The summed E-state index contributed by atoms with van der Waals surface area (Å²) in [4.78, 5) is 24.6. The number of amides is 1. The third-order valence-electron chi connectivity index (χ3n) is 4.00. The summed E-state index contributed by atoms with van der Waals surface area (Å²) in [6.45, 7) is 4.09. The van der Waals surface area contributed by atoms with Gasteiger partial charge in [0.25, 0.3) is 0 Å². The third-order valence-corrected chi connectivity index (χ3v) is 4.00. The highest BCUT2D eigenvalue weighted by Crippen LogP contribution is 2.20. The first kappa shape index (κ1) is 14.3. The average molecular weight is 270 g/mol. The Balaban J connectivity index is 1.76. The van der Waals surface area contributed by atoms with E-state index in [2.05, 4.69) is 12.2 Å². The Morgan fingerprint density at radius 3 is 2.53 bits per heavy atom. The first-order valence-electron chi connectivity index (χ1n) is 6.93. The third kappa shape index (κ3) is 3.67. The van der Waals surface area contributed by atoms with Gasteiger partial charge in [0, 0.05) is 13.1 Å². The van der Waals surface area contributed by atoms with E-state index in [1.165, 1.54) is 0 Å². The molecule has 0 radical (unpaired) electrons. The lowest BCUT2D eigenvalue weighted by atomic mass is 10.0. The number of ether oxygens (including phenoxy) is 1. The van der Waals surface area contributed by atoms with Gasteiger partial charge in [-0.05, 0) is 31.7 Å². The zero-order valence-corrected chi connectivity index (χ0v) is 11.3. The summed E-state index contributed by atoms with van der Waals surface area (Å²) in [5, 5.41) is 11.8. The molecule has 6 nitrogen and oxygen atoms in total. The molecule has 2 aliphatic heterocycles. The quantitative estimate of drug-likeness (QED) is 0.756. The number of hydrogen-bond acceptors (Lipinski definition) is 4. The fraction of sp³-hybridized carbons (Fsp3) is 0.846. The predicted octanol–water partition coefficient (Wildman–Crippen LogP) is 0.0766. The molecule has 0 bridgehead atoms. The zero-order chi connectivity index (χ0) is 13.8. The number of nitrogens with zero attached hydrogens (tertiary/aromatic N) is 1. The van der Waals surface area contributed by atoms with Gasteiger partial charge >= 0.3 is 5.97 Å². The lowest BCUT2D eigenvalue weighted by molar-refractivity contribution is -0.147. The zero-order valence-electron chi connectivity index (χ0n) is 11.3. The molecule has 0 saturated carbocycles. The minimum Gasteiger partial charge on any atom is -0.480 e. The molecule has 2 saturated heterocycles. The van der Waals surface area contributed by atoms with E-state index in [9.17, 15) is 9.59 Å². The first-order chi connectivity index (χ1) is 9.08. The molecule has 2 aliphatic rings. The maximum absolute atomic E-state index is 12.3.